The van der Waals surface area contributed by atoms with E-state index in [4.69, 9.17) is 4.42 Å². The maximum absolute atomic E-state index is 12.6. The number of hydrogen-bond acceptors (Lipinski definition) is 4. The van der Waals surface area contributed by atoms with Crippen molar-refractivity contribution in [3.05, 3.63) is 59.5 Å². The Bertz CT molecular complexity index is 804. The van der Waals surface area contributed by atoms with E-state index in [2.05, 4.69) is 5.32 Å². The zero-order valence-corrected chi connectivity index (χ0v) is 16.1. The van der Waals surface area contributed by atoms with Gasteiger partial charge in [0.05, 0.1) is 6.26 Å². The third-order valence-electron chi connectivity index (χ3n) is 5.15. The molecule has 1 aliphatic rings. The summed E-state index contributed by atoms with van der Waals surface area (Å²) >= 11 is 0. The third kappa shape index (κ3) is 5.09. The van der Waals surface area contributed by atoms with Gasteiger partial charge in [-0.1, -0.05) is 29.8 Å². The fourth-order valence-corrected chi connectivity index (χ4v) is 3.44. The van der Waals surface area contributed by atoms with E-state index in [-0.39, 0.29) is 29.3 Å². The van der Waals surface area contributed by atoms with Gasteiger partial charge in [-0.05, 0) is 38.3 Å². The van der Waals surface area contributed by atoms with Gasteiger partial charge < -0.3 is 14.6 Å². The van der Waals surface area contributed by atoms with E-state index in [1.807, 2.05) is 36.1 Å². The molecule has 3 rings (SSSR count). The van der Waals surface area contributed by atoms with Gasteiger partial charge in [0, 0.05) is 37.5 Å². The number of piperidine rings is 1. The molecule has 148 valence electrons. The van der Waals surface area contributed by atoms with Crippen molar-refractivity contribution in [3.8, 4) is 0 Å². The van der Waals surface area contributed by atoms with Crippen LogP contribution in [0.25, 0.3) is 0 Å². The van der Waals surface area contributed by atoms with Crippen LogP contribution < -0.4 is 5.32 Å². The summed E-state index contributed by atoms with van der Waals surface area (Å²) in [6, 6.07) is 10.9. The molecular weight excluding hydrogens is 356 g/mol. The number of nitrogens with zero attached hydrogens (tertiary/aromatic N) is 1. The molecule has 0 saturated carbocycles. The van der Waals surface area contributed by atoms with Crippen molar-refractivity contribution in [2.24, 2.45) is 5.92 Å². The number of aryl methyl sites for hydroxylation is 1. The quantitative estimate of drug-likeness (QED) is 0.589. The number of benzene rings is 1. The summed E-state index contributed by atoms with van der Waals surface area (Å²) in [6.45, 7) is 3.65. The van der Waals surface area contributed by atoms with Crippen molar-refractivity contribution in [2.75, 3.05) is 19.6 Å². The Kier molecular flexibility index (Phi) is 6.63. The lowest BCUT2D eigenvalue weighted by Crippen LogP contribution is -2.40. The Balaban J connectivity index is 1.37. The number of carbonyl (C=O) groups is 3. The van der Waals surface area contributed by atoms with Crippen molar-refractivity contribution < 1.29 is 18.8 Å². The first kappa shape index (κ1) is 19.9. The number of carbonyl (C=O) groups excluding carboxylic acids is 3. The molecule has 1 saturated heterocycles. The molecule has 0 radical (unpaired) electrons. The number of Topliss-reactive ketones (excluding diaryl/α,β-unsaturated/α-hetero) is 1. The molecule has 1 N–H and O–H groups in total. The number of likely N-dealkylation sites (tertiary alicyclic amines) is 1. The van der Waals surface area contributed by atoms with Gasteiger partial charge in [-0.25, -0.2) is 0 Å². The minimum Gasteiger partial charge on any atom is -0.459 e. The Morgan fingerprint density at radius 2 is 1.82 bits per heavy atom. The standard InChI is InChI=1S/C22H26N2O4/c1-16-6-8-17(9-7-16)21(26)18-10-13-24(14-11-18)20(25)5-2-12-23-22(27)19-4-3-15-28-19/h3-4,6-9,15,18H,2,5,10-14H2,1H3,(H,23,27). The highest BCUT2D eigenvalue weighted by molar-refractivity contribution is 5.98. The predicted molar refractivity (Wildman–Crippen MR) is 105 cm³/mol. The number of hydrogen-bond donors (Lipinski definition) is 1. The fraction of sp³-hybridized carbons (Fsp3) is 0.409. The van der Waals surface area contributed by atoms with E-state index in [0.717, 1.165) is 11.1 Å². The molecule has 1 aliphatic heterocycles. The monoisotopic (exact) mass is 382 g/mol. The molecular formula is C22H26N2O4. The summed E-state index contributed by atoms with van der Waals surface area (Å²) < 4.78 is 5.02. The molecule has 0 spiro atoms. The lowest BCUT2D eigenvalue weighted by Gasteiger charge is -2.31. The van der Waals surface area contributed by atoms with Crippen LogP contribution in [0.3, 0.4) is 0 Å². The average molecular weight is 382 g/mol. The minimum atomic E-state index is -0.270. The normalized spacial score (nSPS) is 14.7. The summed E-state index contributed by atoms with van der Waals surface area (Å²) in [5, 5.41) is 2.74. The summed E-state index contributed by atoms with van der Waals surface area (Å²) in [7, 11) is 0. The van der Waals surface area contributed by atoms with Gasteiger partial charge >= 0.3 is 0 Å². The second kappa shape index (κ2) is 9.35. The van der Waals surface area contributed by atoms with Crippen LogP contribution in [0.4, 0.5) is 0 Å². The van der Waals surface area contributed by atoms with E-state index in [9.17, 15) is 14.4 Å². The smallest absolute Gasteiger partial charge is 0.286 e. The van der Waals surface area contributed by atoms with Crippen LogP contribution in [0.2, 0.25) is 0 Å². The van der Waals surface area contributed by atoms with Crippen LogP contribution in [0, 0.1) is 12.8 Å². The Labute approximate surface area is 164 Å². The SMILES string of the molecule is Cc1ccc(C(=O)C2CCN(C(=O)CCCNC(=O)c3ccco3)CC2)cc1. The summed E-state index contributed by atoms with van der Waals surface area (Å²) in [4.78, 5) is 38.6. The van der Waals surface area contributed by atoms with Gasteiger partial charge in [0.2, 0.25) is 5.91 Å². The number of rotatable bonds is 7. The lowest BCUT2D eigenvalue weighted by molar-refractivity contribution is -0.132. The Morgan fingerprint density at radius 1 is 1.11 bits per heavy atom. The molecule has 0 unspecified atom stereocenters. The van der Waals surface area contributed by atoms with Gasteiger partial charge in [0.15, 0.2) is 11.5 Å². The second-order valence-electron chi connectivity index (χ2n) is 7.22. The van der Waals surface area contributed by atoms with Crippen molar-refractivity contribution in [2.45, 2.75) is 32.6 Å². The number of furan rings is 1. The molecule has 0 aliphatic carbocycles. The highest BCUT2D eigenvalue weighted by atomic mass is 16.3. The van der Waals surface area contributed by atoms with Crippen LogP contribution in [-0.4, -0.2) is 42.1 Å². The summed E-state index contributed by atoms with van der Waals surface area (Å²) in [5.74, 6) is 0.236. The maximum Gasteiger partial charge on any atom is 0.286 e. The Hall–Kier alpha value is -2.89. The zero-order chi connectivity index (χ0) is 19.9. The van der Waals surface area contributed by atoms with E-state index in [1.54, 1.807) is 12.1 Å². The third-order valence-corrected chi connectivity index (χ3v) is 5.15. The first-order chi connectivity index (χ1) is 13.5. The topological polar surface area (TPSA) is 79.6 Å². The lowest BCUT2D eigenvalue weighted by atomic mass is 9.88. The molecule has 1 fully saturated rings. The number of ketones is 1. The van der Waals surface area contributed by atoms with E-state index in [0.29, 0.717) is 45.3 Å². The molecule has 2 aromatic rings. The van der Waals surface area contributed by atoms with E-state index >= 15 is 0 Å². The van der Waals surface area contributed by atoms with E-state index < -0.39 is 0 Å². The first-order valence-electron chi connectivity index (χ1n) is 9.75. The van der Waals surface area contributed by atoms with Crippen LogP contribution in [0.1, 0.15) is 52.2 Å². The van der Waals surface area contributed by atoms with Crippen molar-refractivity contribution in [3.63, 3.8) is 0 Å². The largest absolute Gasteiger partial charge is 0.459 e. The first-order valence-corrected chi connectivity index (χ1v) is 9.75. The van der Waals surface area contributed by atoms with Gasteiger partial charge in [-0.2, -0.15) is 0 Å². The molecule has 2 amide bonds. The minimum absolute atomic E-state index is 0.0145. The van der Waals surface area contributed by atoms with Crippen LogP contribution >= 0.6 is 0 Å². The molecule has 0 bridgehead atoms. The van der Waals surface area contributed by atoms with Crippen LogP contribution in [-0.2, 0) is 4.79 Å². The van der Waals surface area contributed by atoms with Crippen molar-refractivity contribution in [1.29, 1.82) is 0 Å². The molecule has 6 nitrogen and oxygen atoms in total. The maximum atomic E-state index is 12.6. The van der Waals surface area contributed by atoms with Gasteiger partial charge in [-0.3, -0.25) is 14.4 Å². The predicted octanol–water partition coefficient (Wildman–Crippen LogP) is 3.22. The summed E-state index contributed by atoms with van der Waals surface area (Å²) in [5.41, 5.74) is 1.89. The van der Waals surface area contributed by atoms with Gasteiger partial charge in [0.1, 0.15) is 0 Å². The molecule has 28 heavy (non-hydrogen) atoms. The molecule has 6 heteroatoms. The van der Waals surface area contributed by atoms with Crippen LogP contribution in [0.5, 0.6) is 0 Å². The van der Waals surface area contributed by atoms with Gasteiger partial charge in [0.25, 0.3) is 5.91 Å². The zero-order valence-electron chi connectivity index (χ0n) is 16.1. The molecule has 1 aromatic carbocycles. The fourth-order valence-electron chi connectivity index (χ4n) is 3.44. The molecule has 0 atom stereocenters. The Morgan fingerprint density at radius 3 is 2.46 bits per heavy atom. The number of amides is 2. The molecule has 2 heterocycles. The highest BCUT2D eigenvalue weighted by Gasteiger charge is 2.27. The summed E-state index contributed by atoms with van der Waals surface area (Å²) in [6.07, 6.45) is 3.81. The van der Waals surface area contributed by atoms with Gasteiger partial charge in [-0.15, -0.1) is 0 Å². The molecule has 1 aromatic heterocycles. The van der Waals surface area contributed by atoms with Crippen molar-refractivity contribution in [1.82, 2.24) is 10.2 Å². The second-order valence-corrected chi connectivity index (χ2v) is 7.22. The van der Waals surface area contributed by atoms with Crippen LogP contribution in [0.15, 0.2) is 47.1 Å². The van der Waals surface area contributed by atoms with E-state index in [1.165, 1.54) is 6.26 Å². The average Bonchev–Trinajstić information content (AvgIpc) is 3.26. The number of nitrogens with one attached hydrogen (secondary N) is 1. The highest BCUT2D eigenvalue weighted by Crippen LogP contribution is 2.22. The van der Waals surface area contributed by atoms with Crippen molar-refractivity contribution >= 4 is 17.6 Å².